The quantitative estimate of drug-likeness (QED) is 0.735. The molecule has 0 aromatic rings. The van der Waals surface area contributed by atoms with Gasteiger partial charge in [-0.25, -0.2) is 0 Å². The van der Waals surface area contributed by atoms with E-state index in [9.17, 15) is 0 Å². The Morgan fingerprint density at radius 2 is 2.06 bits per heavy atom. The Balaban J connectivity index is 1.93. The predicted molar refractivity (Wildman–Crippen MR) is 66.3 cm³/mol. The zero-order valence-corrected chi connectivity index (χ0v) is 10.7. The summed E-state index contributed by atoms with van der Waals surface area (Å²) in [5, 5.41) is 0. The minimum absolute atomic E-state index is 0.259. The van der Waals surface area contributed by atoms with Crippen molar-refractivity contribution in [2.24, 2.45) is 22.1 Å². The van der Waals surface area contributed by atoms with Crippen LogP contribution in [0.1, 0.15) is 46.5 Å². The Labute approximate surface area is 98.1 Å². The van der Waals surface area contributed by atoms with Gasteiger partial charge in [-0.05, 0) is 37.0 Å². The largest absolute Gasteiger partial charge is 0.370 e. The van der Waals surface area contributed by atoms with Crippen molar-refractivity contribution in [1.82, 2.24) is 4.90 Å². The highest BCUT2D eigenvalue weighted by atomic mass is 15.4. The molecule has 0 radical (unpaired) electrons. The smallest absolute Gasteiger partial charge is 0.192 e. The number of aliphatic imine (C=N–C) groups is 1. The van der Waals surface area contributed by atoms with Gasteiger partial charge in [0.25, 0.3) is 0 Å². The lowest BCUT2D eigenvalue weighted by atomic mass is 9.85. The molecule has 2 atom stereocenters. The van der Waals surface area contributed by atoms with E-state index in [1.807, 2.05) is 0 Å². The van der Waals surface area contributed by atoms with Gasteiger partial charge >= 0.3 is 0 Å². The van der Waals surface area contributed by atoms with Crippen LogP contribution in [0.2, 0.25) is 0 Å². The average Bonchev–Trinajstić information content (AvgIpc) is 2.88. The Hall–Kier alpha value is -0.730. The van der Waals surface area contributed by atoms with Crippen LogP contribution in [0.15, 0.2) is 4.99 Å². The highest BCUT2D eigenvalue weighted by Gasteiger charge is 2.57. The van der Waals surface area contributed by atoms with Crippen molar-refractivity contribution in [3.8, 4) is 0 Å². The standard InChI is InChI=1S/C13H23N3/c1-9-6-12(2,3)7-13(9)8-15-11(14)16(13)10-4-5-10/h9-10H,4-8H2,1-3H3,(H2,14,15). The second-order valence-corrected chi connectivity index (χ2v) is 6.83. The first-order chi connectivity index (χ1) is 7.45. The SMILES string of the molecule is CC1CC(C)(C)CC12CN=C(N)N2C1CC1. The lowest BCUT2D eigenvalue weighted by molar-refractivity contribution is 0.142. The Kier molecular flexibility index (Phi) is 1.91. The van der Waals surface area contributed by atoms with E-state index in [4.69, 9.17) is 5.73 Å². The van der Waals surface area contributed by atoms with Crippen LogP contribution >= 0.6 is 0 Å². The first-order valence-corrected chi connectivity index (χ1v) is 6.54. The minimum Gasteiger partial charge on any atom is -0.370 e. The van der Waals surface area contributed by atoms with Crippen molar-refractivity contribution in [1.29, 1.82) is 0 Å². The lowest BCUT2D eigenvalue weighted by Crippen LogP contribution is -2.54. The van der Waals surface area contributed by atoms with Gasteiger partial charge in [-0.15, -0.1) is 0 Å². The molecule has 1 heterocycles. The van der Waals surface area contributed by atoms with Crippen molar-refractivity contribution < 1.29 is 0 Å². The van der Waals surface area contributed by atoms with Gasteiger partial charge in [0.2, 0.25) is 0 Å². The molecule has 2 aliphatic carbocycles. The van der Waals surface area contributed by atoms with Crippen LogP contribution in [0.4, 0.5) is 0 Å². The third-order valence-corrected chi connectivity index (χ3v) is 4.71. The maximum atomic E-state index is 6.10. The molecule has 2 unspecified atom stereocenters. The molecule has 3 rings (SSSR count). The molecule has 1 aliphatic heterocycles. The first kappa shape index (κ1) is 10.4. The molecule has 90 valence electrons. The van der Waals surface area contributed by atoms with Gasteiger partial charge in [0, 0.05) is 6.04 Å². The maximum Gasteiger partial charge on any atom is 0.192 e. The van der Waals surface area contributed by atoms with Crippen molar-refractivity contribution in [3.05, 3.63) is 0 Å². The number of nitrogens with zero attached hydrogens (tertiary/aromatic N) is 2. The molecule has 3 nitrogen and oxygen atoms in total. The van der Waals surface area contributed by atoms with Gasteiger partial charge in [-0.2, -0.15) is 0 Å². The van der Waals surface area contributed by atoms with Gasteiger partial charge in [0.15, 0.2) is 5.96 Å². The summed E-state index contributed by atoms with van der Waals surface area (Å²) in [6.07, 6.45) is 5.18. The molecule has 0 aromatic carbocycles. The van der Waals surface area contributed by atoms with E-state index in [1.165, 1.54) is 25.7 Å². The summed E-state index contributed by atoms with van der Waals surface area (Å²) in [5.74, 6) is 1.53. The first-order valence-electron chi connectivity index (χ1n) is 6.54. The fourth-order valence-electron chi connectivity index (χ4n) is 4.11. The maximum absolute atomic E-state index is 6.10. The molecule has 3 heteroatoms. The third kappa shape index (κ3) is 1.30. The molecule has 16 heavy (non-hydrogen) atoms. The van der Waals surface area contributed by atoms with Crippen LogP contribution in [0.5, 0.6) is 0 Å². The summed E-state index contributed by atoms with van der Waals surface area (Å²) >= 11 is 0. The van der Waals surface area contributed by atoms with E-state index in [2.05, 4.69) is 30.7 Å². The fraction of sp³-hybridized carbons (Fsp3) is 0.923. The Bertz CT molecular complexity index is 343. The summed E-state index contributed by atoms with van der Waals surface area (Å²) in [5.41, 5.74) is 6.81. The molecule has 0 amide bonds. The summed E-state index contributed by atoms with van der Waals surface area (Å²) in [4.78, 5) is 7.03. The lowest BCUT2D eigenvalue weighted by Gasteiger charge is -2.40. The summed E-state index contributed by atoms with van der Waals surface area (Å²) in [6, 6.07) is 0.697. The van der Waals surface area contributed by atoms with E-state index in [-0.39, 0.29) is 5.54 Å². The van der Waals surface area contributed by atoms with Crippen LogP contribution in [-0.4, -0.2) is 29.0 Å². The van der Waals surface area contributed by atoms with E-state index in [0.29, 0.717) is 17.4 Å². The van der Waals surface area contributed by atoms with Crippen LogP contribution < -0.4 is 5.73 Å². The minimum atomic E-state index is 0.259. The Morgan fingerprint density at radius 3 is 2.56 bits per heavy atom. The predicted octanol–water partition coefficient (Wildman–Crippen LogP) is 1.97. The zero-order chi connectivity index (χ0) is 11.6. The molecule has 2 saturated carbocycles. The highest BCUT2D eigenvalue weighted by Crippen LogP contribution is 2.54. The van der Waals surface area contributed by atoms with Gasteiger partial charge in [-0.3, -0.25) is 4.99 Å². The molecular weight excluding hydrogens is 198 g/mol. The Morgan fingerprint density at radius 1 is 1.38 bits per heavy atom. The molecular formula is C13H23N3. The van der Waals surface area contributed by atoms with Crippen molar-refractivity contribution in [2.75, 3.05) is 6.54 Å². The van der Waals surface area contributed by atoms with Gasteiger partial charge in [0.1, 0.15) is 0 Å². The number of hydrogen-bond acceptors (Lipinski definition) is 3. The monoisotopic (exact) mass is 221 g/mol. The molecule has 1 spiro atoms. The van der Waals surface area contributed by atoms with E-state index < -0.39 is 0 Å². The molecule has 0 bridgehead atoms. The van der Waals surface area contributed by atoms with E-state index in [0.717, 1.165) is 12.5 Å². The highest BCUT2D eigenvalue weighted by molar-refractivity contribution is 5.82. The van der Waals surface area contributed by atoms with Gasteiger partial charge < -0.3 is 10.6 Å². The number of hydrogen-bond donors (Lipinski definition) is 1. The zero-order valence-electron chi connectivity index (χ0n) is 10.7. The van der Waals surface area contributed by atoms with Crippen molar-refractivity contribution in [2.45, 2.75) is 58.0 Å². The van der Waals surface area contributed by atoms with E-state index in [1.54, 1.807) is 0 Å². The average molecular weight is 221 g/mol. The van der Waals surface area contributed by atoms with Gasteiger partial charge in [0.05, 0.1) is 12.1 Å². The van der Waals surface area contributed by atoms with Crippen LogP contribution in [0.3, 0.4) is 0 Å². The second kappa shape index (κ2) is 2.93. The number of rotatable bonds is 1. The number of guanidine groups is 1. The van der Waals surface area contributed by atoms with Crippen LogP contribution in [-0.2, 0) is 0 Å². The summed E-state index contributed by atoms with van der Waals surface area (Å²) < 4.78 is 0. The summed E-state index contributed by atoms with van der Waals surface area (Å²) in [6.45, 7) is 8.09. The fourth-order valence-corrected chi connectivity index (χ4v) is 4.11. The normalized spacial score (nSPS) is 41.8. The summed E-state index contributed by atoms with van der Waals surface area (Å²) in [7, 11) is 0. The third-order valence-electron chi connectivity index (χ3n) is 4.71. The molecule has 0 saturated heterocycles. The van der Waals surface area contributed by atoms with Gasteiger partial charge in [-0.1, -0.05) is 20.8 Å². The number of nitrogens with two attached hydrogens (primary N) is 1. The molecule has 2 N–H and O–H groups in total. The van der Waals surface area contributed by atoms with Crippen molar-refractivity contribution in [3.63, 3.8) is 0 Å². The van der Waals surface area contributed by atoms with Crippen LogP contribution in [0, 0.1) is 11.3 Å². The molecule has 0 aromatic heterocycles. The molecule has 2 fully saturated rings. The second-order valence-electron chi connectivity index (χ2n) is 6.83. The van der Waals surface area contributed by atoms with Crippen LogP contribution in [0.25, 0.3) is 0 Å². The van der Waals surface area contributed by atoms with E-state index >= 15 is 0 Å². The molecule has 3 aliphatic rings. The topological polar surface area (TPSA) is 41.6 Å². The van der Waals surface area contributed by atoms with Crippen molar-refractivity contribution >= 4 is 5.96 Å².